The Balaban J connectivity index is 3.26. The van der Waals surface area contributed by atoms with Crippen molar-refractivity contribution < 1.29 is 19.1 Å². The molecular formula is C29H50O4S2. The van der Waals surface area contributed by atoms with E-state index in [2.05, 4.69) is 13.2 Å². The minimum atomic E-state index is -0.276. The number of thioether (sulfide) groups is 1. The molecule has 6 heteroatoms. The molecule has 35 heavy (non-hydrogen) atoms. The zero-order valence-electron chi connectivity index (χ0n) is 22.5. The van der Waals surface area contributed by atoms with E-state index in [1.54, 1.807) is 13.8 Å². The maximum absolute atomic E-state index is 11.3. The van der Waals surface area contributed by atoms with Crippen LogP contribution in [0.25, 0.3) is 0 Å². The molecule has 0 fully saturated rings. The third kappa shape index (κ3) is 24.3. The van der Waals surface area contributed by atoms with Gasteiger partial charge in [0.2, 0.25) is 0 Å². The van der Waals surface area contributed by atoms with Crippen LogP contribution < -0.4 is 0 Å². The topological polar surface area (TPSA) is 52.6 Å². The first-order chi connectivity index (χ1) is 16.8. The lowest BCUT2D eigenvalue weighted by molar-refractivity contribution is -0.139. The van der Waals surface area contributed by atoms with E-state index in [0.29, 0.717) is 24.4 Å². The Kier molecular flexibility index (Phi) is 23.8. The lowest BCUT2D eigenvalue weighted by atomic mass is 10.1. The highest BCUT2D eigenvalue weighted by Crippen LogP contribution is 2.17. The minimum absolute atomic E-state index is 0.275. The number of rotatable bonds is 24. The van der Waals surface area contributed by atoms with E-state index in [1.807, 2.05) is 11.8 Å². The zero-order chi connectivity index (χ0) is 26.2. The Hall–Kier alpha value is -1.14. The fraction of sp³-hybridized carbons (Fsp3) is 0.759. The van der Waals surface area contributed by atoms with E-state index in [9.17, 15) is 9.59 Å². The van der Waals surface area contributed by atoms with Gasteiger partial charge in [0.1, 0.15) is 0 Å². The molecule has 0 aliphatic heterocycles. The molecule has 0 unspecified atom stereocenters. The summed E-state index contributed by atoms with van der Waals surface area (Å²) in [6.45, 7) is 11.5. The highest BCUT2D eigenvalue weighted by Gasteiger charge is 2.03. The maximum atomic E-state index is 11.3. The number of carbonyl (C=O) groups is 2. The predicted molar refractivity (Wildman–Crippen MR) is 155 cm³/mol. The average molecular weight is 527 g/mol. The highest BCUT2D eigenvalue weighted by molar-refractivity contribution is 8.23. The standard InChI is InChI=1S/C29H50O4S2/c1-25(2)28(30)32-22-18-14-10-6-5-9-13-17-21-27(34)35-24-20-16-12-8-7-11-15-19-23-33-29(31)26(3)4/h1,3,5-24H2,2,4H3. The summed E-state index contributed by atoms with van der Waals surface area (Å²) in [7, 11) is 0. The summed E-state index contributed by atoms with van der Waals surface area (Å²) in [5.41, 5.74) is 0.944. The fourth-order valence-electron chi connectivity index (χ4n) is 3.53. The van der Waals surface area contributed by atoms with Crippen molar-refractivity contribution in [2.24, 2.45) is 0 Å². The van der Waals surface area contributed by atoms with Crippen LogP contribution in [-0.4, -0.2) is 35.1 Å². The lowest BCUT2D eigenvalue weighted by Crippen LogP contribution is -2.05. The summed E-state index contributed by atoms with van der Waals surface area (Å²) in [4.78, 5) is 22.5. The molecule has 0 aromatic heterocycles. The monoisotopic (exact) mass is 526 g/mol. The largest absolute Gasteiger partial charge is 0.462 e. The summed E-state index contributed by atoms with van der Waals surface area (Å²) in [5.74, 6) is 0.610. The average Bonchev–Trinajstić information content (AvgIpc) is 2.82. The smallest absolute Gasteiger partial charge is 0.333 e. The summed E-state index contributed by atoms with van der Waals surface area (Å²) in [6.07, 6.45) is 20.4. The Bertz CT molecular complexity index is 616. The molecule has 0 N–H and O–H groups in total. The number of carbonyl (C=O) groups excluding carboxylic acids is 2. The molecule has 202 valence electrons. The van der Waals surface area contributed by atoms with Gasteiger partial charge in [-0.1, -0.05) is 102 Å². The van der Waals surface area contributed by atoms with Gasteiger partial charge in [0.15, 0.2) is 0 Å². The number of hydrogen-bond donors (Lipinski definition) is 0. The summed E-state index contributed by atoms with van der Waals surface area (Å²) in [5, 5.41) is 0. The van der Waals surface area contributed by atoms with Crippen molar-refractivity contribution in [3.63, 3.8) is 0 Å². The van der Waals surface area contributed by atoms with Gasteiger partial charge in [-0.05, 0) is 51.7 Å². The Morgan fingerprint density at radius 1 is 0.600 bits per heavy atom. The van der Waals surface area contributed by atoms with Crippen LogP contribution in [0.4, 0.5) is 0 Å². The molecule has 0 aliphatic carbocycles. The van der Waals surface area contributed by atoms with Crippen LogP contribution in [0.3, 0.4) is 0 Å². The fourth-order valence-corrected chi connectivity index (χ4v) is 4.79. The van der Waals surface area contributed by atoms with Crippen molar-refractivity contribution in [1.82, 2.24) is 0 Å². The van der Waals surface area contributed by atoms with Gasteiger partial charge in [0.05, 0.1) is 13.2 Å². The van der Waals surface area contributed by atoms with E-state index >= 15 is 0 Å². The molecule has 4 nitrogen and oxygen atoms in total. The first kappa shape index (κ1) is 33.9. The molecule has 0 saturated carbocycles. The zero-order valence-corrected chi connectivity index (χ0v) is 24.1. The van der Waals surface area contributed by atoms with Crippen molar-refractivity contribution in [1.29, 1.82) is 0 Å². The van der Waals surface area contributed by atoms with E-state index in [-0.39, 0.29) is 11.9 Å². The number of esters is 2. The van der Waals surface area contributed by atoms with Gasteiger partial charge in [-0.3, -0.25) is 0 Å². The minimum Gasteiger partial charge on any atom is -0.462 e. The van der Waals surface area contributed by atoms with Crippen LogP contribution in [0.15, 0.2) is 24.3 Å². The Morgan fingerprint density at radius 3 is 1.34 bits per heavy atom. The van der Waals surface area contributed by atoms with Crippen LogP contribution in [0.5, 0.6) is 0 Å². The first-order valence-electron chi connectivity index (χ1n) is 13.7. The Morgan fingerprint density at radius 2 is 0.943 bits per heavy atom. The number of ether oxygens (including phenoxy) is 2. The molecule has 0 rings (SSSR count). The summed E-state index contributed by atoms with van der Waals surface area (Å²) in [6, 6.07) is 0. The van der Waals surface area contributed by atoms with Gasteiger partial charge < -0.3 is 9.47 Å². The second kappa shape index (κ2) is 24.5. The molecule has 0 amide bonds. The highest BCUT2D eigenvalue weighted by atomic mass is 32.2. The van der Waals surface area contributed by atoms with Crippen LogP contribution in [-0.2, 0) is 19.1 Å². The SMILES string of the molecule is C=C(C)C(=O)OCCCCCCCCCCSC(=S)CCCCCCCCCCOC(=O)C(=C)C. The second-order valence-corrected chi connectivity index (χ2v) is 11.4. The maximum Gasteiger partial charge on any atom is 0.333 e. The molecular weight excluding hydrogens is 476 g/mol. The van der Waals surface area contributed by atoms with E-state index in [0.717, 1.165) is 37.9 Å². The van der Waals surface area contributed by atoms with Crippen molar-refractivity contribution in [2.45, 2.75) is 123 Å². The van der Waals surface area contributed by atoms with Crippen LogP contribution in [0.1, 0.15) is 123 Å². The molecule has 0 bridgehead atoms. The Labute approximate surface area is 225 Å². The summed E-state index contributed by atoms with van der Waals surface area (Å²) >= 11 is 7.42. The van der Waals surface area contributed by atoms with E-state index in [1.165, 1.54) is 81.2 Å². The van der Waals surface area contributed by atoms with Crippen molar-refractivity contribution in [3.8, 4) is 0 Å². The number of hydrogen-bond acceptors (Lipinski definition) is 6. The molecule has 0 radical (unpaired) electrons. The van der Waals surface area contributed by atoms with Crippen LogP contribution in [0.2, 0.25) is 0 Å². The normalized spacial score (nSPS) is 10.7. The van der Waals surface area contributed by atoms with Crippen LogP contribution >= 0.6 is 24.0 Å². The van der Waals surface area contributed by atoms with Crippen molar-refractivity contribution in [2.75, 3.05) is 19.0 Å². The molecule has 0 aromatic rings. The number of unbranched alkanes of at least 4 members (excludes halogenated alkanes) is 14. The third-order valence-corrected chi connectivity index (χ3v) is 7.32. The number of thiocarbonyl (C=S) groups is 1. The van der Waals surface area contributed by atoms with Gasteiger partial charge in [-0.2, -0.15) is 0 Å². The molecule has 0 spiro atoms. The van der Waals surface area contributed by atoms with Gasteiger partial charge in [0.25, 0.3) is 0 Å². The first-order valence-corrected chi connectivity index (χ1v) is 15.0. The van der Waals surface area contributed by atoms with Crippen molar-refractivity contribution in [3.05, 3.63) is 24.3 Å². The lowest BCUT2D eigenvalue weighted by Gasteiger charge is -2.06. The third-order valence-electron chi connectivity index (χ3n) is 5.74. The molecule has 0 aromatic carbocycles. The van der Waals surface area contributed by atoms with Gasteiger partial charge in [-0.25, -0.2) is 9.59 Å². The second-order valence-electron chi connectivity index (χ2n) is 9.46. The van der Waals surface area contributed by atoms with E-state index in [4.69, 9.17) is 21.7 Å². The van der Waals surface area contributed by atoms with Gasteiger partial charge >= 0.3 is 11.9 Å². The predicted octanol–water partition coefficient (Wildman–Crippen LogP) is 8.92. The van der Waals surface area contributed by atoms with Crippen molar-refractivity contribution >= 4 is 40.1 Å². The van der Waals surface area contributed by atoms with Gasteiger partial charge in [0, 0.05) is 15.3 Å². The van der Waals surface area contributed by atoms with E-state index < -0.39 is 0 Å². The van der Waals surface area contributed by atoms with Crippen LogP contribution in [0, 0.1) is 0 Å². The quantitative estimate of drug-likeness (QED) is 0.0541. The molecule has 0 atom stereocenters. The molecule has 0 aliphatic rings. The molecule has 0 saturated heterocycles. The molecule has 0 heterocycles. The summed E-state index contributed by atoms with van der Waals surface area (Å²) < 4.78 is 11.4. The van der Waals surface area contributed by atoms with Gasteiger partial charge in [-0.15, -0.1) is 11.8 Å².